The Morgan fingerprint density at radius 1 is 1.55 bits per heavy atom. The maximum Gasteiger partial charge on any atom is 0.229 e. The van der Waals surface area contributed by atoms with Gasteiger partial charge < -0.3 is 10.2 Å². The quantitative estimate of drug-likeness (QED) is 0.911. The number of carbonyl (C=O) groups is 2. The number of carbonyl (C=O) groups excluding carboxylic acids is 2. The van der Waals surface area contributed by atoms with Gasteiger partial charge in [-0.3, -0.25) is 14.6 Å². The van der Waals surface area contributed by atoms with Crippen molar-refractivity contribution in [2.45, 2.75) is 45.6 Å². The molecule has 1 unspecified atom stereocenters. The molecule has 0 aromatic carbocycles. The molecule has 5 nitrogen and oxygen atoms in total. The van der Waals surface area contributed by atoms with Crippen molar-refractivity contribution in [3.8, 4) is 0 Å². The van der Waals surface area contributed by atoms with Crippen LogP contribution in [0.15, 0.2) is 18.5 Å². The lowest BCUT2D eigenvalue weighted by atomic mass is 10.0. The summed E-state index contributed by atoms with van der Waals surface area (Å²) in [6.07, 6.45) is 6.11. The Kier molecular flexibility index (Phi) is 4.71. The van der Waals surface area contributed by atoms with Gasteiger partial charge in [-0.1, -0.05) is 0 Å². The summed E-state index contributed by atoms with van der Waals surface area (Å²) in [7, 11) is 0. The van der Waals surface area contributed by atoms with Gasteiger partial charge in [-0.2, -0.15) is 0 Å². The summed E-state index contributed by atoms with van der Waals surface area (Å²) in [4.78, 5) is 29.7. The molecule has 1 aliphatic heterocycles. The summed E-state index contributed by atoms with van der Waals surface area (Å²) in [6.45, 7) is 4.52. The van der Waals surface area contributed by atoms with Gasteiger partial charge in [-0.15, -0.1) is 0 Å². The highest BCUT2D eigenvalue weighted by molar-refractivity contribution is 5.94. The molecule has 108 valence electrons. The molecule has 0 bridgehead atoms. The third kappa shape index (κ3) is 3.35. The zero-order chi connectivity index (χ0) is 14.5. The van der Waals surface area contributed by atoms with Gasteiger partial charge in [-0.25, -0.2) is 0 Å². The Morgan fingerprint density at radius 2 is 2.35 bits per heavy atom. The molecule has 1 aromatic rings. The smallest absolute Gasteiger partial charge is 0.229 e. The number of aromatic nitrogens is 1. The van der Waals surface area contributed by atoms with E-state index >= 15 is 0 Å². The van der Waals surface area contributed by atoms with E-state index in [-0.39, 0.29) is 17.9 Å². The van der Waals surface area contributed by atoms with E-state index in [0.29, 0.717) is 19.4 Å². The molecule has 0 saturated carbocycles. The second-order valence-corrected chi connectivity index (χ2v) is 5.16. The van der Waals surface area contributed by atoms with Crippen LogP contribution in [0.25, 0.3) is 0 Å². The average Bonchev–Trinajstić information content (AvgIpc) is 2.41. The first kappa shape index (κ1) is 14.5. The highest BCUT2D eigenvalue weighted by Gasteiger charge is 2.24. The number of piperidine rings is 1. The molecule has 1 atom stereocenters. The van der Waals surface area contributed by atoms with Crippen molar-refractivity contribution < 1.29 is 9.59 Å². The van der Waals surface area contributed by atoms with Crippen molar-refractivity contribution in [1.29, 1.82) is 0 Å². The van der Waals surface area contributed by atoms with Gasteiger partial charge >= 0.3 is 0 Å². The number of nitrogens with one attached hydrogen (secondary N) is 1. The zero-order valence-electron chi connectivity index (χ0n) is 12.1. The first-order valence-electron chi connectivity index (χ1n) is 7.12. The van der Waals surface area contributed by atoms with E-state index < -0.39 is 0 Å². The molecule has 2 heterocycles. The zero-order valence-corrected chi connectivity index (χ0v) is 12.1. The largest absolute Gasteiger partial charge is 0.353 e. The summed E-state index contributed by atoms with van der Waals surface area (Å²) < 4.78 is 0. The Labute approximate surface area is 119 Å². The van der Waals surface area contributed by atoms with Gasteiger partial charge in [-0.05, 0) is 38.3 Å². The standard InChI is InChI=1S/C15H21N3O2/c1-3-18(13-10-16-8-7-11(13)2)15(20)9-12-5-4-6-14(19)17-12/h7-8,10,12H,3-6,9H2,1-2H3,(H,17,19). The lowest BCUT2D eigenvalue weighted by molar-refractivity contribution is -0.124. The predicted molar refractivity (Wildman–Crippen MR) is 77.4 cm³/mol. The lowest BCUT2D eigenvalue weighted by Crippen LogP contribution is -2.43. The number of hydrogen-bond acceptors (Lipinski definition) is 3. The van der Waals surface area contributed by atoms with Crippen LogP contribution < -0.4 is 10.2 Å². The maximum absolute atomic E-state index is 12.4. The van der Waals surface area contributed by atoms with E-state index in [0.717, 1.165) is 24.1 Å². The average molecular weight is 275 g/mol. The van der Waals surface area contributed by atoms with E-state index in [4.69, 9.17) is 0 Å². The number of anilines is 1. The molecule has 1 fully saturated rings. The highest BCUT2D eigenvalue weighted by Crippen LogP contribution is 2.20. The van der Waals surface area contributed by atoms with Crippen molar-refractivity contribution in [1.82, 2.24) is 10.3 Å². The number of hydrogen-bond donors (Lipinski definition) is 1. The van der Waals surface area contributed by atoms with Crippen molar-refractivity contribution in [2.75, 3.05) is 11.4 Å². The van der Waals surface area contributed by atoms with Crippen molar-refractivity contribution in [2.24, 2.45) is 0 Å². The molecule has 2 rings (SSSR count). The molecular weight excluding hydrogens is 254 g/mol. The Morgan fingerprint density at radius 3 is 3.00 bits per heavy atom. The lowest BCUT2D eigenvalue weighted by Gasteiger charge is -2.27. The van der Waals surface area contributed by atoms with Crippen LogP contribution in [-0.4, -0.2) is 29.4 Å². The fourth-order valence-corrected chi connectivity index (χ4v) is 2.57. The van der Waals surface area contributed by atoms with Gasteiger partial charge in [0, 0.05) is 31.6 Å². The molecule has 0 aliphatic carbocycles. The number of rotatable bonds is 4. The van der Waals surface area contributed by atoms with Crippen molar-refractivity contribution >= 4 is 17.5 Å². The van der Waals surface area contributed by atoms with Crippen LogP contribution in [0.5, 0.6) is 0 Å². The monoisotopic (exact) mass is 275 g/mol. The van der Waals surface area contributed by atoms with E-state index in [1.165, 1.54) is 0 Å². The number of pyridine rings is 1. The molecule has 20 heavy (non-hydrogen) atoms. The molecule has 1 N–H and O–H groups in total. The van der Waals surface area contributed by atoms with Crippen LogP contribution in [0.2, 0.25) is 0 Å². The summed E-state index contributed by atoms with van der Waals surface area (Å²) in [6, 6.07) is 1.86. The molecular formula is C15H21N3O2. The topological polar surface area (TPSA) is 62.3 Å². The minimum Gasteiger partial charge on any atom is -0.353 e. The van der Waals surface area contributed by atoms with E-state index in [1.54, 1.807) is 17.3 Å². The molecule has 0 radical (unpaired) electrons. The number of aryl methyl sites for hydroxylation is 1. The van der Waals surface area contributed by atoms with Gasteiger partial charge in [0.05, 0.1) is 11.9 Å². The van der Waals surface area contributed by atoms with Crippen LogP contribution in [0.4, 0.5) is 5.69 Å². The van der Waals surface area contributed by atoms with E-state index in [9.17, 15) is 9.59 Å². The fraction of sp³-hybridized carbons (Fsp3) is 0.533. The Bertz CT molecular complexity index is 502. The van der Waals surface area contributed by atoms with Crippen molar-refractivity contribution in [3.05, 3.63) is 24.0 Å². The van der Waals surface area contributed by atoms with Gasteiger partial charge in [0.25, 0.3) is 0 Å². The summed E-state index contributed by atoms with van der Waals surface area (Å²) in [5.41, 5.74) is 1.88. The summed E-state index contributed by atoms with van der Waals surface area (Å²) in [5, 5.41) is 2.89. The third-order valence-corrected chi connectivity index (χ3v) is 3.66. The second kappa shape index (κ2) is 6.50. The highest BCUT2D eigenvalue weighted by atomic mass is 16.2. The van der Waals surface area contributed by atoms with Crippen LogP contribution in [0, 0.1) is 6.92 Å². The number of nitrogens with zero attached hydrogens (tertiary/aromatic N) is 2. The SMILES string of the molecule is CCN(C(=O)CC1CCCC(=O)N1)c1cnccc1C. The molecule has 1 aliphatic rings. The second-order valence-electron chi connectivity index (χ2n) is 5.16. The Balaban J connectivity index is 2.06. The molecule has 1 aromatic heterocycles. The van der Waals surface area contributed by atoms with Crippen LogP contribution in [0.1, 0.15) is 38.2 Å². The van der Waals surface area contributed by atoms with Crippen LogP contribution in [0.3, 0.4) is 0 Å². The normalized spacial score (nSPS) is 18.5. The van der Waals surface area contributed by atoms with Gasteiger partial charge in [0.2, 0.25) is 11.8 Å². The Hall–Kier alpha value is -1.91. The van der Waals surface area contributed by atoms with Crippen LogP contribution in [-0.2, 0) is 9.59 Å². The van der Waals surface area contributed by atoms with Gasteiger partial charge in [0.1, 0.15) is 0 Å². The first-order valence-corrected chi connectivity index (χ1v) is 7.12. The number of amides is 2. The molecule has 0 spiro atoms. The van der Waals surface area contributed by atoms with Crippen molar-refractivity contribution in [3.63, 3.8) is 0 Å². The minimum atomic E-state index is -0.0326. The maximum atomic E-state index is 12.4. The van der Waals surface area contributed by atoms with E-state index in [2.05, 4.69) is 10.3 Å². The minimum absolute atomic E-state index is 0.0326. The first-order chi connectivity index (χ1) is 9.61. The summed E-state index contributed by atoms with van der Waals surface area (Å²) in [5.74, 6) is 0.0884. The fourth-order valence-electron chi connectivity index (χ4n) is 2.57. The molecule has 5 heteroatoms. The molecule has 1 saturated heterocycles. The van der Waals surface area contributed by atoms with Crippen LogP contribution >= 0.6 is 0 Å². The summed E-state index contributed by atoms with van der Waals surface area (Å²) >= 11 is 0. The third-order valence-electron chi connectivity index (χ3n) is 3.66. The van der Waals surface area contributed by atoms with Gasteiger partial charge in [0.15, 0.2) is 0 Å². The van der Waals surface area contributed by atoms with E-state index in [1.807, 2.05) is 19.9 Å². The molecule has 2 amide bonds. The predicted octanol–water partition coefficient (Wildman–Crippen LogP) is 1.80.